The Bertz CT molecular complexity index is 1260. The van der Waals surface area contributed by atoms with Gasteiger partial charge in [0.05, 0.1) is 0 Å². The number of hydrogen-bond donors (Lipinski definition) is 2. The highest BCUT2D eigenvalue weighted by atomic mass is 16.7. The molecule has 9 heteroatoms. The number of amides is 3. The van der Waals surface area contributed by atoms with E-state index in [9.17, 15) is 19.5 Å². The molecule has 3 aromatic rings. The zero-order valence-corrected chi connectivity index (χ0v) is 18.9. The molecule has 180 valence electrons. The molecule has 0 radical (unpaired) electrons. The van der Waals surface area contributed by atoms with Gasteiger partial charge >= 0.3 is 0 Å². The van der Waals surface area contributed by atoms with E-state index in [1.54, 1.807) is 42.5 Å². The Morgan fingerprint density at radius 1 is 1.03 bits per heavy atom. The van der Waals surface area contributed by atoms with Gasteiger partial charge in [0.1, 0.15) is 18.5 Å². The molecule has 0 bridgehead atoms. The van der Waals surface area contributed by atoms with E-state index in [1.807, 2.05) is 12.1 Å². The van der Waals surface area contributed by atoms with Crippen molar-refractivity contribution in [2.24, 2.45) is 0 Å². The molecule has 0 aliphatic carbocycles. The first-order valence-electron chi connectivity index (χ1n) is 11.4. The molecule has 0 saturated carbocycles. The molecule has 2 aliphatic rings. The number of imide groups is 1. The first-order chi connectivity index (χ1) is 17.0. The topological polar surface area (TPSA) is 114 Å². The van der Waals surface area contributed by atoms with Crippen LogP contribution in [0.5, 0.6) is 17.2 Å². The van der Waals surface area contributed by atoms with Crippen LogP contribution in [0.15, 0.2) is 54.6 Å². The lowest BCUT2D eigenvalue weighted by molar-refractivity contribution is -0.121. The van der Waals surface area contributed by atoms with Crippen LogP contribution in [0.1, 0.15) is 33.6 Å². The fourth-order valence-corrected chi connectivity index (χ4v) is 4.22. The fraction of sp³-hybridized carbons (Fsp3) is 0.269. The van der Waals surface area contributed by atoms with E-state index in [0.29, 0.717) is 40.2 Å². The molecule has 1 atom stereocenters. The largest absolute Gasteiger partial charge is 0.491 e. The van der Waals surface area contributed by atoms with Gasteiger partial charge in [-0.3, -0.25) is 19.3 Å². The number of rotatable bonds is 9. The van der Waals surface area contributed by atoms with Gasteiger partial charge in [0.2, 0.25) is 12.7 Å². The number of hydrogen-bond acceptors (Lipinski definition) is 7. The first-order valence-corrected chi connectivity index (χ1v) is 11.4. The van der Waals surface area contributed by atoms with E-state index in [-0.39, 0.29) is 50.6 Å². The molecule has 2 aliphatic heterocycles. The lowest BCUT2D eigenvalue weighted by atomic mass is 9.94. The molecule has 35 heavy (non-hydrogen) atoms. The van der Waals surface area contributed by atoms with Crippen molar-refractivity contribution in [1.82, 2.24) is 10.2 Å². The molecule has 9 nitrogen and oxygen atoms in total. The van der Waals surface area contributed by atoms with Gasteiger partial charge in [0, 0.05) is 42.1 Å². The van der Waals surface area contributed by atoms with Gasteiger partial charge in [-0.15, -0.1) is 0 Å². The van der Waals surface area contributed by atoms with E-state index in [1.165, 1.54) is 4.90 Å². The Morgan fingerprint density at radius 3 is 2.49 bits per heavy atom. The monoisotopic (exact) mass is 476 g/mol. The van der Waals surface area contributed by atoms with Crippen molar-refractivity contribution < 1.29 is 33.7 Å². The molecule has 3 aromatic carbocycles. The maximum Gasteiger partial charge on any atom is 0.261 e. The maximum absolute atomic E-state index is 12.9. The Hall–Kier alpha value is -4.11. The van der Waals surface area contributed by atoms with E-state index in [0.717, 1.165) is 5.39 Å². The third-order valence-corrected chi connectivity index (χ3v) is 5.96. The Morgan fingerprint density at radius 2 is 1.74 bits per heavy atom. The van der Waals surface area contributed by atoms with Gasteiger partial charge in [0.15, 0.2) is 11.5 Å². The molecular weight excluding hydrogens is 452 g/mol. The highest BCUT2D eigenvalue weighted by Crippen LogP contribution is 2.35. The number of nitrogens with zero attached hydrogens (tertiary/aromatic N) is 1. The predicted molar refractivity (Wildman–Crippen MR) is 126 cm³/mol. The van der Waals surface area contributed by atoms with E-state index in [2.05, 4.69) is 5.32 Å². The maximum atomic E-state index is 12.9. The van der Waals surface area contributed by atoms with Crippen molar-refractivity contribution in [1.29, 1.82) is 0 Å². The minimum absolute atomic E-state index is 0.0122. The summed E-state index contributed by atoms with van der Waals surface area (Å²) in [4.78, 5) is 39.2. The van der Waals surface area contributed by atoms with Crippen LogP contribution in [-0.2, 0) is 4.79 Å². The van der Waals surface area contributed by atoms with Crippen LogP contribution in [0.4, 0.5) is 0 Å². The molecule has 5 rings (SSSR count). The molecule has 0 fully saturated rings. The normalized spacial score (nSPS) is 14.8. The molecule has 3 amide bonds. The third-order valence-electron chi connectivity index (χ3n) is 5.96. The lowest BCUT2D eigenvalue weighted by Crippen LogP contribution is -2.41. The van der Waals surface area contributed by atoms with Crippen LogP contribution in [0.3, 0.4) is 0 Å². The number of ether oxygens (including phenoxy) is 3. The number of aliphatic hydroxyl groups excluding tert-OH is 1. The van der Waals surface area contributed by atoms with Crippen molar-refractivity contribution in [3.8, 4) is 17.2 Å². The highest BCUT2D eigenvalue weighted by molar-refractivity contribution is 6.25. The summed E-state index contributed by atoms with van der Waals surface area (Å²) in [5.74, 6) is 0.751. The van der Waals surface area contributed by atoms with Crippen molar-refractivity contribution in [2.45, 2.75) is 18.9 Å². The summed E-state index contributed by atoms with van der Waals surface area (Å²) in [5, 5.41) is 14.3. The van der Waals surface area contributed by atoms with E-state index < -0.39 is 6.10 Å². The van der Waals surface area contributed by atoms with Crippen molar-refractivity contribution >= 4 is 28.5 Å². The van der Waals surface area contributed by atoms with Gasteiger partial charge < -0.3 is 24.6 Å². The molecule has 0 spiro atoms. The Kier molecular flexibility index (Phi) is 6.24. The number of carbonyl (C=O) groups is 3. The average Bonchev–Trinajstić information content (AvgIpc) is 3.34. The van der Waals surface area contributed by atoms with Crippen LogP contribution < -0.4 is 19.5 Å². The number of carbonyl (C=O) groups excluding carboxylic acids is 3. The van der Waals surface area contributed by atoms with Crippen molar-refractivity contribution in [3.63, 3.8) is 0 Å². The van der Waals surface area contributed by atoms with Crippen LogP contribution in [0, 0.1) is 0 Å². The summed E-state index contributed by atoms with van der Waals surface area (Å²) in [7, 11) is 0. The Balaban J connectivity index is 1.07. The summed E-state index contributed by atoms with van der Waals surface area (Å²) < 4.78 is 16.1. The molecule has 2 N–H and O–H groups in total. The second kappa shape index (κ2) is 9.63. The van der Waals surface area contributed by atoms with Gasteiger partial charge in [-0.1, -0.05) is 24.3 Å². The second-order valence-electron chi connectivity index (χ2n) is 8.36. The van der Waals surface area contributed by atoms with Crippen molar-refractivity contribution in [3.05, 3.63) is 65.7 Å². The van der Waals surface area contributed by atoms with Crippen molar-refractivity contribution in [2.75, 3.05) is 26.5 Å². The van der Waals surface area contributed by atoms with Crippen LogP contribution in [0.2, 0.25) is 0 Å². The molecule has 0 aromatic heterocycles. The summed E-state index contributed by atoms with van der Waals surface area (Å²) >= 11 is 0. The van der Waals surface area contributed by atoms with Gasteiger partial charge in [-0.25, -0.2) is 0 Å². The number of fused-ring (bicyclic) bond motifs is 1. The smallest absolute Gasteiger partial charge is 0.261 e. The minimum atomic E-state index is -0.911. The van der Waals surface area contributed by atoms with Crippen LogP contribution in [-0.4, -0.2) is 60.3 Å². The van der Waals surface area contributed by atoms with Gasteiger partial charge in [-0.05, 0) is 36.1 Å². The first kappa shape index (κ1) is 22.7. The third kappa shape index (κ3) is 4.63. The van der Waals surface area contributed by atoms with Crippen LogP contribution >= 0.6 is 0 Å². The second-order valence-corrected chi connectivity index (χ2v) is 8.36. The molecule has 1 unspecified atom stereocenters. The summed E-state index contributed by atoms with van der Waals surface area (Å²) in [6.07, 6.45) is -0.490. The van der Waals surface area contributed by atoms with E-state index >= 15 is 0 Å². The number of aliphatic hydroxyl groups is 1. The van der Waals surface area contributed by atoms with Gasteiger partial charge in [-0.2, -0.15) is 0 Å². The summed E-state index contributed by atoms with van der Waals surface area (Å²) in [6, 6.07) is 15.9. The molecular formula is C26H24N2O7. The number of benzene rings is 3. The van der Waals surface area contributed by atoms with E-state index in [4.69, 9.17) is 14.2 Å². The average molecular weight is 476 g/mol. The Labute approximate surface area is 201 Å². The van der Waals surface area contributed by atoms with Crippen LogP contribution in [0.25, 0.3) is 10.8 Å². The summed E-state index contributed by atoms with van der Waals surface area (Å²) in [5.41, 5.74) is 0.987. The lowest BCUT2D eigenvalue weighted by Gasteiger charge is -2.27. The number of nitrogens with one attached hydrogen (secondary N) is 1. The zero-order valence-electron chi connectivity index (χ0n) is 18.9. The minimum Gasteiger partial charge on any atom is -0.491 e. The SMILES string of the molecule is O=C(CCCN1C(=O)c2cccc3cccc(c23)C1=O)NCC(O)COc1ccc2c(c1)OCO2. The van der Waals surface area contributed by atoms with Gasteiger partial charge in [0.25, 0.3) is 11.8 Å². The fourth-order valence-electron chi connectivity index (χ4n) is 4.22. The highest BCUT2D eigenvalue weighted by Gasteiger charge is 2.32. The summed E-state index contributed by atoms with van der Waals surface area (Å²) in [6.45, 7) is 0.296. The standard InChI is InChI=1S/C26H24N2O7/c29-17(14-33-18-9-10-21-22(12-18)35-15-34-21)13-27-23(30)8-3-11-28-25(31)19-6-1-4-16-5-2-7-20(24(16)19)26(28)32/h1-2,4-7,9-10,12,17,29H,3,8,11,13-15H2,(H,27,30). The molecule has 2 heterocycles. The predicted octanol–water partition coefficient (Wildman–Crippen LogP) is 2.50. The molecule has 0 saturated heterocycles. The quantitative estimate of drug-likeness (QED) is 0.456. The zero-order chi connectivity index (χ0) is 24.4.